The van der Waals surface area contributed by atoms with Gasteiger partial charge in [-0.05, 0) is 48.3 Å². The summed E-state index contributed by atoms with van der Waals surface area (Å²) in [5.41, 5.74) is -3.11. The zero-order chi connectivity index (χ0) is 36.4. The highest BCUT2D eigenvalue weighted by Gasteiger charge is 2.71. The van der Waals surface area contributed by atoms with Crippen LogP contribution in [0, 0.1) is 11.3 Å². The molecule has 1 amide bonds. The minimum atomic E-state index is -5.24. The van der Waals surface area contributed by atoms with Crippen molar-refractivity contribution in [2.24, 2.45) is 0 Å². The number of piperazine rings is 1. The summed E-state index contributed by atoms with van der Waals surface area (Å²) >= 11 is 0. The number of carbonyl (C=O) groups excluding carboxylic acids is 1. The van der Waals surface area contributed by atoms with E-state index in [2.05, 4.69) is 4.98 Å². The smallest absolute Gasteiger partial charge is 0.377 e. The lowest BCUT2D eigenvalue weighted by atomic mass is 9.07. The molecule has 47 heavy (non-hydrogen) atoms. The van der Waals surface area contributed by atoms with E-state index >= 15 is 0 Å². The Morgan fingerprint density at radius 3 is 1.85 bits per heavy atom. The number of nitriles is 1. The summed E-state index contributed by atoms with van der Waals surface area (Å²) in [4.78, 5) is 18.7. The van der Waals surface area contributed by atoms with E-state index in [4.69, 9.17) is 115 Å². The normalized spacial score (nSPS) is 25.4. The summed E-state index contributed by atoms with van der Waals surface area (Å²) in [6.45, 7) is 3.62. The van der Waals surface area contributed by atoms with Gasteiger partial charge in [0.2, 0.25) is 5.91 Å². The van der Waals surface area contributed by atoms with Crippen molar-refractivity contribution in [1.29, 1.82) is 5.26 Å². The summed E-state index contributed by atoms with van der Waals surface area (Å²) in [5.74, 6) is -2.67. The van der Waals surface area contributed by atoms with E-state index in [1.165, 1.54) is 0 Å². The van der Waals surface area contributed by atoms with Crippen molar-refractivity contribution < 1.29 is 22.7 Å². The quantitative estimate of drug-likeness (QED) is 0.341. The lowest BCUT2D eigenvalue weighted by Crippen LogP contribution is -2.95. The van der Waals surface area contributed by atoms with Crippen molar-refractivity contribution in [1.82, 2.24) is 9.88 Å². The van der Waals surface area contributed by atoms with Crippen LogP contribution in [0.4, 0.5) is 19.0 Å². The number of alkyl halides is 3. The van der Waals surface area contributed by atoms with Gasteiger partial charge in [0.25, 0.3) is 0 Å². The van der Waals surface area contributed by atoms with Gasteiger partial charge in [0.15, 0.2) is 0 Å². The number of nitrogens with zero attached hydrogens (tertiary/aromatic N) is 4. The second-order valence-electron chi connectivity index (χ2n) is 13.5. The predicted octanol–water partition coefficient (Wildman–Crippen LogP) is -2.39. The number of amides is 1. The SMILES string of the molecule is [B]C([B])([B])C([B])(C([B])([B])[B])[C@@]1([B])N(C(=O)CC(F)(F)F)C([B])([B])C([B])([B])N(c2nc(C3CC3)c3c(c2C#N)CC(C)(C)OC3)C1([B])[B]. The van der Waals surface area contributed by atoms with Crippen molar-refractivity contribution in [2.45, 2.75) is 101 Å². The highest BCUT2D eigenvalue weighted by Crippen LogP contribution is 2.68. The Hall–Kier alpha value is -1.43. The van der Waals surface area contributed by atoms with Crippen molar-refractivity contribution >= 4 is 122 Å². The van der Waals surface area contributed by atoms with E-state index in [-0.39, 0.29) is 29.4 Å². The maximum atomic E-state index is 13.8. The van der Waals surface area contributed by atoms with E-state index in [9.17, 15) is 23.2 Å². The van der Waals surface area contributed by atoms with Gasteiger partial charge in [-0.25, -0.2) is 4.98 Å². The molecule has 28 radical (unpaired) electrons. The Bertz CT molecular complexity index is 1500. The molecule has 0 spiro atoms. The van der Waals surface area contributed by atoms with Gasteiger partial charge in [-0.3, -0.25) is 4.79 Å². The van der Waals surface area contributed by atoms with Gasteiger partial charge in [-0.2, -0.15) is 18.4 Å². The van der Waals surface area contributed by atoms with E-state index in [1.54, 1.807) is 13.8 Å². The van der Waals surface area contributed by atoms with Crippen LogP contribution in [0.15, 0.2) is 0 Å². The number of fused-ring (bicyclic) bond motifs is 1. The summed E-state index contributed by atoms with van der Waals surface area (Å²) in [5, 5.41) is -8.52. The Morgan fingerprint density at radius 2 is 1.43 bits per heavy atom. The molecule has 0 aromatic carbocycles. The first-order chi connectivity index (χ1) is 20.8. The molecule has 1 aromatic rings. The van der Waals surface area contributed by atoms with Crippen molar-refractivity contribution in [3.05, 3.63) is 22.4 Å². The molecule has 23 heteroatoms. The molecule has 1 saturated heterocycles. The fourth-order valence-electron chi connectivity index (χ4n) is 6.59. The topological polar surface area (TPSA) is 69.5 Å². The van der Waals surface area contributed by atoms with Crippen LogP contribution in [0.25, 0.3) is 0 Å². The van der Waals surface area contributed by atoms with Gasteiger partial charge in [-0.1, -0.05) is 5.31 Å². The molecule has 3 heterocycles. The third kappa shape index (κ3) is 5.56. The standard InChI is InChI=1S/C24H17B14F3N4O2/c1-16(2)5-10-11(7-42)15(43-14(9-3-4-9)12(10)8-47-16)45-22(33,34)19(26,18(25,20(27,28)29)21(30,31)32)44(13(46)6-17(39,40)41)23(35,36)24(45,37)38/h9H,3-6,8H2,1-2H3/t19-/m1/s1. The summed E-state index contributed by atoms with van der Waals surface area (Å²) < 4.78 is 47.3. The lowest BCUT2D eigenvalue weighted by molar-refractivity contribution is -0.169. The van der Waals surface area contributed by atoms with Gasteiger partial charge >= 0.3 is 6.18 Å². The zero-order valence-electron chi connectivity index (χ0n) is 25.9. The van der Waals surface area contributed by atoms with Crippen LogP contribution in [0.5, 0.6) is 0 Å². The molecule has 3 aliphatic rings. The van der Waals surface area contributed by atoms with Gasteiger partial charge in [-0.15, -0.1) is 10.2 Å². The number of carbonyl (C=O) groups is 1. The molecule has 0 bridgehead atoms. The molecule has 208 valence electrons. The predicted molar refractivity (Wildman–Crippen MR) is 183 cm³/mol. The molecular formula is C24H17B14F3N4O2. The molecule has 1 aliphatic carbocycles. The number of hydrogen-bond donors (Lipinski definition) is 0. The first-order valence-electron chi connectivity index (χ1n) is 14.2. The Morgan fingerprint density at radius 1 is 0.915 bits per heavy atom. The van der Waals surface area contributed by atoms with Crippen LogP contribution in [0.1, 0.15) is 61.4 Å². The summed E-state index contributed by atoms with van der Waals surface area (Å²) in [6, 6.07) is 2.03. The number of ether oxygens (including phenoxy) is 1. The molecular weight excluding hydrogens is 585 g/mol. The average molecular weight is 602 g/mol. The largest absolute Gasteiger partial charge is 0.397 e. The third-order valence-electron chi connectivity index (χ3n) is 9.21. The van der Waals surface area contributed by atoms with E-state index < -0.39 is 66.9 Å². The van der Waals surface area contributed by atoms with E-state index in [0.29, 0.717) is 34.6 Å². The molecule has 4 rings (SSSR count). The van der Waals surface area contributed by atoms with Crippen molar-refractivity contribution in [3.63, 3.8) is 0 Å². The number of hydrogen-bond acceptors (Lipinski definition) is 5. The highest BCUT2D eigenvalue weighted by molar-refractivity contribution is 6.71. The third-order valence-corrected chi connectivity index (χ3v) is 9.21. The van der Waals surface area contributed by atoms with Gasteiger partial charge in [0, 0.05) is 23.3 Å². The van der Waals surface area contributed by atoms with Crippen LogP contribution in [0.3, 0.4) is 0 Å². The molecule has 0 unspecified atom stereocenters. The first kappa shape index (κ1) is 38.4. The maximum absolute atomic E-state index is 13.8. The Labute approximate surface area is 292 Å². The van der Waals surface area contributed by atoms with Crippen LogP contribution >= 0.6 is 0 Å². The lowest BCUT2D eigenvalue weighted by Gasteiger charge is -2.83. The second kappa shape index (κ2) is 11.0. The maximum Gasteiger partial charge on any atom is 0.397 e. The second-order valence-corrected chi connectivity index (χ2v) is 13.5. The zero-order valence-corrected chi connectivity index (χ0v) is 25.9. The van der Waals surface area contributed by atoms with Crippen molar-refractivity contribution in [3.8, 4) is 6.07 Å². The van der Waals surface area contributed by atoms with Crippen molar-refractivity contribution in [2.75, 3.05) is 4.90 Å². The van der Waals surface area contributed by atoms with E-state index in [0.717, 1.165) is 0 Å². The van der Waals surface area contributed by atoms with Gasteiger partial charge in [0.05, 0.1) is 125 Å². The molecule has 6 nitrogen and oxygen atoms in total. The summed E-state index contributed by atoms with van der Waals surface area (Å²) in [6.07, 6.45) is -6.02. The molecule has 2 fully saturated rings. The number of anilines is 1. The minimum Gasteiger partial charge on any atom is -0.377 e. The molecule has 2 aliphatic heterocycles. The van der Waals surface area contributed by atoms with E-state index in [1.807, 2.05) is 6.07 Å². The number of pyridine rings is 1. The van der Waals surface area contributed by atoms with Crippen LogP contribution < -0.4 is 4.90 Å². The number of aromatic nitrogens is 1. The highest BCUT2D eigenvalue weighted by atomic mass is 19.4. The van der Waals surface area contributed by atoms with Gasteiger partial charge in [0.1, 0.15) is 26.2 Å². The molecule has 0 N–H and O–H groups in total. The molecule has 1 atom stereocenters. The fraction of sp³-hybridized carbons (Fsp3) is 0.708. The summed E-state index contributed by atoms with van der Waals surface area (Å²) in [7, 11) is 88.8. The van der Waals surface area contributed by atoms with Crippen LogP contribution in [0.2, 0.25) is 15.5 Å². The Balaban J connectivity index is 2.20. The minimum absolute atomic E-state index is 0.0686. The monoisotopic (exact) mass is 604 g/mol. The number of halogens is 3. The number of rotatable bonds is 6. The fourth-order valence-corrected chi connectivity index (χ4v) is 6.59. The molecule has 1 aromatic heterocycles. The van der Waals surface area contributed by atoms with Crippen LogP contribution in [-0.2, 0) is 22.6 Å². The molecule has 1 saturated carbocycles. The Kier molecular flexibility index (Phi) is 9.01. The van der Waals surface area contributed by atoms with Crippen LogP contribution in [-0.4, -0.2) is 159 Å². The average Bonchev–Trinajstić information content (AvgIpc) is 3.68. The van der Waals surface area contributed by atoms with Gasteiger partial charge < -0.3 is 14.5 Å². The first-order valence-corrected chi connectivity index (χ1v) is 14.2.